The van der Waals surface area contributed by atoms with Crippen molar-refractivity contribution in [2.75, 3.05) is 19.6 Å². The smallest absolute Gasteiger partial charge is 0.242 e. The van der Waals surface area contributed by atoms with Crippen LogP contribution in [0.1, 0.15) is 0 Å². The van der Waals surface area contributed by atoms with Gasteiger partial charge in [-0.15, -0.1) is 0 Å². The van der Waals surface area contributed by atoms with Crippen molar-refractivity contribution in [2.24, 2.45) is 0 Å². The van der Waals surface area contributed by atoms with E-state index < -0.39 is 15.6 Å². The molecule has 0 amide bonds. The molecule has 0 aliphatic carbocycles. The lowest BCUT2D eigenvalue weighted by Crippen LogP contribution is -2.64. The Bertz CT molecular complexity index is 560. The molecule has 3 N–H and O–H groups in total. The number of hydrogen-bond donors (Lipinski definition) is 3. The predicted octanol–water partition coefficient (Wildman–Crippen LogP) is 0.715. The van der Waals surface area contributed by atoms with Crippen LogP contribution in [0.5, 0.6) is 0 Å². The van der Waals surface area contributed by atoms with E-state index >= 15 is 0 Å². The molecule has 5 nitrogen and oxygen atoms in total. The van der Waals surface area contributed by atoms with Gasteiger partial charge in [0.15, 0.2) is 0 Å². The molecule has 1 aromatic rings. The lowest BCUT2D eigenvalue weighted by molar-refractivity contribution is -0.00396. The van der Waals surface area contributed by atoms with Crippen LogP contribution in [0.15, 0.2) is 27.6 Å². The molecule has 100 valence electrons. The zero-order valence-electron chi connectivity index (χ0n) is 9.28. The number of hydrogen-bond acceptors (Lipinski definition) is 4. The fourth-order valence-corrected chi connectivity index (χ4v) is 3.69. The second-order valence-electron chi connectivity index (χ2n) is 4.23. The van der Waals surface area contributed by atoms with Gasteiger partial charge in [0.05, 0.1) is 5.02 Å². The molecule has 0 radical (unpaired) electrons. The highest BCUT2D eigenvalue weighted by molar-refractivity contribution is 9.10. The fourth-order valence-electron chi connectivity index (χ4n) is 1.54. The Morgan fingerprint density at radius 3 is 2.67 bits per heavy atom. The average Bonchev–Trinajstić information content (AvgIpc) is 2.23. The van der Waals surface area contributed by atoms with Gasteiger partial charge in [-0.1, -0.05) is 27.5 Å². The van der Waals surface area contributed by atoms with Crippen LogP contribution in [0.25, 0.3) is 0 Å². The van der Waals surface area contributed by atoms with Crippen LogP contribution in [-0.2, 0) is 10.0 Å². The molecule has 8 heteroatoms. The number of sulfonamides is 1. The molecule has 0 unspecified atom stereocenters. The molecule has 1 fully saturated rings. The van der Waals surface area contributed by atoms with Gasteiger partial charge in [0.1, 0.15) is 10.5 Å². The topological polar surface area (TPSA) is 78.4 Å². The maximum absolute atomic E-state index is 12.0. The summed E-state index contributed by atoms with van der Waals surface area (Å²) in [6, 6.07) is 4.52. The van der Waals surface area contributed by atoms with E-state index in [1.807, 2.05) is 0 Å². The molecule has 1 aromatic carbocycles. The maximum atomic E-state index is 12.0. The Labute approximate surface area is 119 Å². The van der Waals surface area contributed by atoms with E-state index in [-0.39, 0.29) is 16.5 Å². The molecule has 0 saturated carbocycles. The third kappa shape index (κ3) is 3.04. The minimum atomic E-state index is -3.71. The Morgan fingerprint density at radius 1 is 1.50 bits per heavy atom. The van der Waals surface area contributed by atoms with E-state index in [0.717, 1.165) is 0 Å². The van der Waals surface area contributed by atoms with Gasteiger partial charge in [0.2, 0.25) is 10.0 Å². The van der Waals surface area contributed by atoms with Gasteiger partial charge in [-0.25, -0.2) is 13.1 Å². The zero-order chi connectivity index (χ0) is 13.4. The Morgan fingerprint density at radius 2 is 2.17 bits per heavy atom. The summed E-state index contributed by atoms with van der Waals surface area (Å²) in [7, 11) is -3.71. The Kier molecular flexibility index (Phi) is 4.01. The fraction of sp³-hybridized carbons (Fsp3) is 0.400. The molecule has 0 bridgehead atoms. The molecule has 0 atom stereocenters. The molecule has 0 spiro atoms. The Hall–Kier alpha value is -0.180. The third-order valence-corrected chi connectivity index (χ3v) is 5.06. The van der Waals surface area contributed by atoms with E-state index in [0.29, 0.717) is 17.6 Å². The van der Waals surface area contributed by atoms with Gasteiger partial charge in [0.25, 0.3) is 0 Å². The first-order valence-corrected chi connectivity index (χ1v) is 7.86. The summed E-state index contributed by atoms with van der Waals surface area (Å²) in [4.78, 5) is 0.00301. The van der Waals surface area contributed by atoms with Gasteiger partial charge >= 0.3 is 0 Å². The van der Waals surface area contributed by atoms with Crippen LogP contribution >= 0.6 is 27.5 Å². The minimum Gasteiger partial charge on any atom is -0.386 e. The number of nitrogens with one attached hydrogen (secondary N) is 2. The van der Waals surface area contributed by atoms with Crippen molar-refractivity contribution in [1.29, 1.82) is 0 Å². The van der Waals surface area contributed by atoms with Crippen LogP contribution in [0.4, 0.5) is 0 Å². The largest absolute Gasteiger partial charge is 0.386 e. The van der Waals surface area contributed by atoms with Crippen molar-refractivity contribution < 1.29 is 13.5 Å². The quantitative estimate of drug-likeness (QED) is 0.743. The summed E-state index contributed by atoms with van der Waals surface area (Å²) < 4.78 is 27.1. The number of aliphatic hydroxyl groups is 1. The van der Waals surface area contributed by atoms with E-state index in [4.69, 9.17) is 11.6 Å². The van der Waals surface area contributed by atoms with Crippen LogP contribution in [0.2, 0.25) is 5.02 Å². The van der Waals surface area contributed by atoms with Crippen molar-refractivity contribution >= 4 is 37.6 Å². The first kappa shape index (κ1) is 14.2. The van der Waals surface area contributed by atoms with E-state index in [1.54, 1.807) is 6.07 Å². The second kappa shape index (κ2) is 5.07. The lowest BCUT2D eigenvalue weighted by atomic mass is 9.98. The minimum absolute atomic E-state index is 0.00301. The van der Waals surface area contributed by atoms with Crippen LogP contribution in [0.3, 0.4) is 0 Å². The normalized spacial score (nSPS) is 18.4. The van der Waals surface area contributed by atoms with Crippen molar-refractivity contribution in [3.63, 3.8) is 0 Å². The molecule has 18 heavy (non-hydrogen) atoms. The van der Waals surface area contributed by atoms with Crippen molar-refractivity contribution in [3.05, 3.63) is 27.7 Å². The summed E-state index contributed by atoms with van der Waals surface area (Å²) in [5, 5.41) is 12.8. The molecule has 0 aromatic heterocycles. The molecule has 1 saturated heterocycles. The highest BCUT2D eigenvalue weighted by Gasteiger charge is 2.35. The molecule has 1 aliphatic rings. The van der Waals surface area contributed by atoms with Crippen LogP contribution in [-0.4, -0.2) is 38.8 Å². The average molecular weight is 356 g/mol. The molecule has 1 heterocycles. The highest BCUT2D eigenvalue weighted by atomic mass is 79.9. The first-order chi connectivity index (χ1) is 8.32. The van der Waals surface area contributed by atoms with Crippen LogP contribution in [0, 0.1) is 0 Å². The SMILES string of the molecule is O=S(=O)(NCC1(O)CNC1)c1ccc(Br)cc1Cl. The van der Waals surface area contributed by atoms with E-state index in [1.165, 1.54) is 12.1 Å². The molecular weight excluding hydrogens is 344 g/mol. The maximum Gasteiger partial charge on any atom is 0.242 e. The second-order valence-corrected chi connectivity index (χ2v) is 7.29. The zero-order valence-corrected chi connectivity index (χ0v) is 12.4. The van der Waals surface area contributed by atoms with Crippen molar-refractivity contribution in [3.8, 4) is 0 Å². The van der Waals surface area contributed by atoms with Crippen LogP contribution < -0.4 is 10.0 Å². The van der Waals surface area contributed by atoms with E-state index in [9.17, 15) is 13.5 Å². The standard InChI is InChI=1S/C10H12BrClN2O3S/c11-7-1-2-9(8(12)3-7)18(16,17)14-6-10(15)4-13-5-10/h1-3,13-15H,4-6H2. The highest BCUT2D eigenvalue weighted by Crippen LogP contribution is 2.25. The molecule has 1 aliphatic heterocycles. The number of halogens is 2. The monoisotopic (exact) mass is 354 g/mol. The number of rotatable bonds is 4. The lowest BCUT2D eigenvalue weighted by Gasteiger charge is -2.37. The summed E-state index contributed by atoms with van der Waals surface area (Å²) >= 11 is 9.09. The molecular formula is C10H12BrClN2O3S. The van der Waals surface area contributed by atoms with Crippen molar-refractivity contribution in [1.82, 2.24) is 10.0 Å². The number of β-amino-alcohol motifs (C(OH)–C–C–N with tert-alkyl or cyclic N) is 1. The molecule has 2 rings (SSSR count). The first-order valence-electron chi connectivity index (χ1n) is 5.20. The van der Waals surface area contributed by atoms with Gasteiger partial charge in [-0.2, -0.15) is 0 Å². The summed E-state index contributed by atoms with van der Waals surface area (Å²) in [5.41, 5.74) is -1.01. The predicted molar refractivity (Wildman–Crippen MR) is 72.2 cm³/mol. The Balaban J connectivity index is 2.15. The van der Waals surface area contributed by atoms with Gasteiger partial charge < -0.3 is 10.4 Å². The number of benzene rings is 1. The van der Waals surface area contributed by atoms with E-state index in [2.05, 4.69) is 26.0 Å². The summed E-state index contributed by atoms with van der Waals surface area (Å²) in [6.45, 7) is 0.724. The van der Waals surface area contributed by atoms with Gasteiger partial charge in [-0.3, -0.25) is 0 Å². The summed E-state index contributed by atoms with van der Waals surface area (Å²) in [6.07, 6.45) is 0. The third-order valence-electron chi connectivity index (χ3n) is 2.68. The van der Waals surface area contributed by atoms with Gasteiger partial charge in [0, 0.05) is 24.1 Å². The summed E-state index contributed by atoms with van der Waals surface area (Å²) in [5.74, 6) is 0. The van der Waals surface area contributed by atoms with Gasteiger partial charge in [-0.05, 0) is 18.2 Å². The van der Waals surface area contributed by atoms with Crippen molar-refractivity contribution in [2.45, 2.75) is 10.5 Å².